The number of hydrogen-bond donors (Lipinski definition) is 9. The molecule has 2 amide bonds. The van der Waals surface area contributed by atoms with Gasteiger partial charge in [0.15, 0.2) is 17.9 Å². The summed E-state index contributed by atoms with van der Waals surface area (Å²) in [6.45, 7) is 8.31. The van der Waals surface area contributed by atoms with Crippen LogP contribution >= 0.6 is 0 Å². The van der Waals surface area contributed by atoms with Gasteiger partial charge >= 0.3 is 0 Å². The van der Waals surface area contributed by atoms with Gasteiger partial charge < -0.3 is 49.5 Å². The van der Waals surface area contributed by atoms with E-state index in [4.69, 9.17) is 22.9 Å². The molecule has 0 aromatic carbocycles. The third kappa shape index (κ3) is 24.8. The third-order valence-electron chi connectivity index (χ3n) is 5.85. The summed E-state index contributed by atoms with van der Waals surface area (Å²) in [6, 6.07) is 0. The summed E-state index contributed by atoms with van der Waals surface area (Å²) in [5.74, 6) is 0.908. The van der Waals surface area contributed by atoms with E-state index in [-0.39, 0.29) is 23.3 Å². The van der Waals surface area contributed by atoms with Gasteiger partial charge in [0.25, 0.3) is 0 Å². The molecule has 39 heavy (non-hydrogen) atoms. The lowest BCUT2D eigenvalue weighted by Gasteiger charge is -2.23. The van der Waals surface area contributed by atoms with Gasteiger partial charge in [0, 0.05) is 64.2 Å². The van der Waals surface area contributed by atoms with Crippen molar-refractivity contribution < 1.29 is 9.59 Å². The summed E-state index contributed by atoms with van der Waals surface area (Å²) in [6.07, 6.45) is 6.47. The lowest BCUT2D eigenvalue weighted by Crippen LogP contribution is -2.38. The predicted octanol–water partition coefficient (Wildman–Crippen LogP) is -1.19. The Hall–Kier alpha value is -3.29. The summed E-state index contributed by atoms with van der Waals surface area (Å²) in [7, 11) is 1.90. The van der Waals surface area contributed by atoms with Gasteiger partial charge in [-0.05, 0) is 65.8 Å². The standard InChI is InChI=1S/C25H54N12O2/c1-25(2,30-3)12-11-21(39)31-13-4-6-15-34-23(28)36-17-8-10-20(38)32-18-9-19-37-24(29)35-16-7-5-14-33-22(26)27/h30H,4-19H2,1-3H3,(H,31,39)(H,32,38)(H4,26,27,33)(H3,28,34,36)(H3,29,35,37). The SMILES string of the molecule is CNC(C)(C)CCC(=O)NCCCCNC(N)=NCCCC(=O)NCCCN=C(N)NCCCCN=C(N)N. The Kier molecular flexibility index (Phi) is 20.8. The van der Waals surface area contributed by atoms with Gasteiger partial charge in [-0.2, -0.15) is 0 Å². The van der Waals surface area contributed by atoms with Gasteiger partial charge in [0.1, 0.15) is 0 Å². The van der Waals surface area contributed by atoms with E-state index < -0.39 is 0 Å². The van der Waals surface area contributed by atoms with E-state index in [1.807, 2.05) is 7.05 Å². The minimum atomic E-state index is -0.0380. The van der Waals surface area contributed by atoms with Crippen LogP contribution in [0.2, 0.25) is 0 Å². The van der Waals surface area contributed by atoms with Gasteiger partial charge in [0.2, 0.25) is 11.8 Å². The summed E-state index contributed by atoms with van der Waals surface area (Å²) >= 11 is 0. The molecule has 0 rings (SSSR count). The van der Waals surface area contributed by atoms with Crippen LogP contribution in [0.4, 0.5) is 0 Å². The Balaban J connectivity index is 3.68. The first-order chi connectivity index (χ1) is 18.6. The van der Waals surface area contributed by atoms with E-state index in [0.29, 0.717) is 83.4 Å². The zero-order valence-electron chi connectivity index (χ0n) is 24.3. The molecule has 0 radical (unpaired) electrons. The smallest absolute Gasteiger partial charge is 0.220 e. The average Bonchev–Trinajstić information content (AvgIpc) is 2.89. The van der Waals surface area contributed by atoms with Crippen LogP contribution in [0.1, 0.15) is 71.6 Å². The number of unbranched alkanes of at least 4 members (excludes halogenated alkanes) is 2. The van der Waals surface area contributed by atoms with Crippen LogP contribution in [0.3, 0.4) is 0 Å². The van der Waals surface area contributed by atoms with E-state index >= 15 is 0 Å². The molecule has 14 nitrogen and oxygen atoms in total. The molecule has 0 bridgehead atoms. The molecule has 0 heterocycles. The van der Waals surface area contributed by atoms with Crippen molar-refractivity contribution in [2.75, 3.05) is 52.9 Å². The van der Waals surface area contributed by atoms with Crippen LogP contribution in [0.5, 0.6) is 0 Å². The van der Waals surface area contributed by atoms with Crippen LogP contribution in [-0.2, 0) is 9.59 Å². The molecule has 14 heteroatoms. The number of hydrogen-bond acceptors (Lipinski definition) is 6. The van der Waals surface area contributed by atoms with Crippen molar-refractivity contribution in [3.63, 3.8) is 0 Å². The summed E-state index contributed by atoms with van der Waals surface area (Å²) in [5, 5.41) is 15.1. The molecule has 0 aliphatic rings. The minimum Gasteiger partial charge on any atom is -0.370 e. The number of carbonyl (C=O) groups is 2. The largest absolute Gasteiger partial charge is 0.370 e. The van der Waals surface area contributed by atoms with Crippen molar-refractivity contribution in [2.45, 2.75) is 77.2 Å². The molecule has 0 saturated heterocycles. The summed E-state index contributed by atoms with van der Waals surface area (Å²) in [5.41, 5.74) is 22.2. The fourth-order valence-electron chi connectivity index (χ4n) is 3.14. The highest BCUT2D eigenvalue weighted by molar-refractivity contribution is 5.78. The molecule has 0 unspecified atom stereocenters. The van der Waals surface area contributed by atoms with E-state index in [1.165, 1.54) is 0 Å². The first-order valence-corrected chi connectivity index (χ1v) is 13.9. The van der Waals surface area contributed by atoms with Crippen molar-refractivity contribution in [3.8, 4) is 0 Å². The number of nitrogens with one attached hydrogen (secondary N) is 5. The minimum absolute atomic E-state index is 0.0239. The van der Waals surface area contributed by atoms with Gasteiger partial charge in [-0.15, -0.1) is 0 Å². The van der Waals surface area contributed by atoms with Gasteiger partial charge in [0.05, 0.1) is 0 Å². The number of amides is 2. The molecule has 0 aromatic heterocycles. The molecule has 0 fully saturated rings. The number of rotatable bonds is 22. The van der Waals surface area contributed by atoms with Gasteiger partial charge in [-0.1, -0.05) is 0 Å². The molecule has 0 spiro atoms. The Labute approximate surface area is 234 Å². The quantitative estimate of drug-likeness (QED) is 0.0443. The van der Waals surface area contributed by atoms with Crippen molar-refractivity contribution in [1.82, 2.24) is 26.6 Å². The lowest BCUT2D eigenvalue weighted by atomic mass is 9.99. The van der Waals surface area contributed by atoms with Crippen molar-refractivity contribution in [1.29, 1.82) is 0 Å². The second-order valence-corrected chi connectivity index (χ2v) is 9.90. The molecule has 0 aromatic rings. The van der Waals surface area contributed by atoms with Gasteiger partial charge in [-0.25, -0.2) is 0 Å². The highest BCUT2D eigenvalue weighted by Gasteiger charge is 2.15. The van der Waals surface area contributed by atoms with E-state index in [1.54, 1.807) is 0 Å². The third-order valence-corrected chi connectivity index (χ3v) is 5.85. The lowest BCUT2D eigenvalue weighted by molar-refractivity contribution is -0.122. The predicted molar refractivity (Wildman–Crippen MR) is 160 cm³/mol. The molecular formula is C25H54N12O2. The Morgan fingerprint density at radius 2 is 1.08 bits per heavy atom. The molecule has 0 aliphatic carbocycles. The average molecular weight is 555 g/mol. The highest BCUT2D eigenvalue weighted by Crippen LogP contribution is 2.09. The second-order valence-electron chi connectivity index (χ2n) is 9.90. The van der Waals surface area contributed by atoms with E-state index in [9.17, 15) is 9.59 Å². The van der Waals surface area contributed by atoms with Gasteiger partial charge in [-0.3, -0.25) is 24.6 Å². The number of nitrogens with zero attached hydrogens (tertiary/aromatic N) is 3. The molecule has 0 aliphatic heterocycles. The van der Waals surface area contributed by atoms with Crippen LogP contribution in [-0.4, -0.2) is 88.1 Å². The van der Waals surface area contributed by atoms with Crippen molar-refractivity contribution in [2.24, 2.45) is 37.9 Å². The van der Waals surface area contributed by atoms with Crippen molar-refractivity contribution in [3.05, 3.63) is 0 Å². The van der Waals surface area contributed by atoms with Crippen LogP contribution < -0.4 is 49.5 Å². The molecular weight excluding hydrogens is 500 g/mol. The summed E-state index contributed by atoms with van der Waals surface area (Å²) in [4.78, 5) is 36.2. The topological polar surface area (TPSA) is 235 Å². The maximum atomic E-state index is 11.9. The first kappa shape index (κ1) is 35.7. The fourth-order valence-corrected chi connectivity index (χ4v) is 3.14. The first-order valence-electron chi connectivity index (χ1n) is 13.9. The maximum Gasteiger partial charge on any atom is 0.220 e. The van der Waals surface area contributed by atoms with E-state index in [0.717, 1.165) is 32.1 Å². The fraction of sp³-hybridized carbons (Fsp3) is 0.800. The number of aliphatic imine (C=N–C) groups is 3. The second kappa shape index (κ2) is 22.7. The zero-order valence-corrected chi connectivity index (χ0v) is 24.3. The Morgan fingerprint density at radius 1 is 0.615 bits per heavy atom. The highest BCUT2D eigenvalue weighted by atomic mass is 16.2. The van der Waals surface area contributed by atoms with Crippen LogP contribution in [0.25, 0.3) is 0 Å². The molecule has 13 N–H and O–H groups in total. The molecule has 0 atom stereocenters. The maximum absolute atomic E-state index is 11.9. The Morgan fingerprint density at radius 3 is 1.64 bits per heavy atom. The number of carbonyl (C=O) groups excluding carboxylic acids is 2. The monoisotopic (exact) mass is 554 g/mol. The number of guanidine groups is 3. The van der Waals surface area contributed by atoms with E-state index in [2.05, 4.69) is 55.4 Å². The molecule has 0 saturated carbocycles. The number of nitrogens with two attached hydrogens (primary N) is 4. The van der Waals surface area contributed by atoms with Crippen LogP contribution in [0.15, 0.2) is 15.0 Å². The van der Waals surface area contributed by atoms with Crippen molar-refractivity contribution >= 4 is 29.7 Å². The zero-order chi connectivity index (χ0) is 29.4. The normalized spacial score (nSPS) is 12.1. The Bertz CT molecular complexity index is 764. The summed E-state index contributed by atoms with van der Waals surface area (Å²) < 4.78 is 0. The molecule has 226 valence electrons. The van der Waals surface area contributed by atoms with Crippen LogP contribution in [0, 0.1) is 0 Å².